The van der Waals surface area contributed by atoms with E-state index >= 15 is 0 Å². The van der Waals surface area contributed by atoms with Crippen LogP contribution in [-0.4, -0.2) is 42.2 Å². The van der Waals surface area contributed by atoms with Gasteiger partial charge in [-0.1, -0.05) is 0 Å². The van der Waals surface area contributed by atoms with Crippen molar-refractivity contribution >= 4 is 5.97 Å². The van der Waals surface area contributed by atoms with Gasteiger partial charge in [0.2, 0.25) is 0 Å². The molecule has 1 saturated heterocycles. The molecular weight excluding hydrogens is 192 g/mol. The van der Waals surface area contributed by atoms with Crippen molar-refractivity contribution in [1.82, 2.24) is 4.90 Å². The van der Waals surface area contributed by atoms with Gasteiger partial charge in [-0.05, 0) is 52.7 Å². The van der Waals surface area contributed by atoms with E-state index in [9.17, 15) is 4.79 Å². The number of carboxylic acids is 1. The van der Waals surface area contributed by atoms with Crippen LogP contribution < -0.4 is 5.73 Å². The molecule has 1 heterocycles. The molecule has 0 spiro atoms. The Bertz CT molecular complexity index is 233. The summed E-state index contributed by atoms with van der Waals surface area (Å²) in [6.45, 7) is 5.48. The molecule has 88 valence electrons. The number of nitrogens with zero attached hydrogens (tertiary/aromatic N) is 1. The predicted molar refractivity (Wildman–Crippen MR) is 59.6 cm³/mol. The lowest BCUT2D eigenvalue weighted by Gasteiger charge is -2.38. The fourth-order valence-electron chi connectivity index (χ4n) is 2.12. The van der Waals surface area contributed by atoms with Crippen molar-refractivity contribution in [2.75, 3.05) is 20.1 Å². The molecule has 0 bridgehead atoms. The average Bonchev–Trinajstić information content (AvgIpc) is 2.17. The molecule has 4 nitrogen and oxygen atoms in total. The number of aliphatic carboxylic acids is 1. The zero-order valence-electron chi connectivity index (χ0n) is 9.86. The standard InChI is InChI=1S/C11H22N2O2/c1-11(2,10(14)15)9(12)8-4-6-13(3)7-5-8/h8-9H,4-7,12H2,1-3H3,(H,14,15). The Morgan fingerprint density at radius 1 is 1.47 bits per heavy atom. The third-order valence-electron chi connectivity index (χ3n) is 3.66. The van der Waals surface area contributed by atoms with E-state index < -0.39 is 11.4 Å². The van der Waals surface area contributed by atoms with Crippen LogP contribution in [0.1, 0.15) is 26.7 Å². The number of piperidine rings is 1. The Morgan fingerprint density at radius 3 is 2.33 bits per heavy atom. The summed E-state index contributed by atoms with van der Waals surface area (Å²) in [6.07, 6.45) is 2.02. The number of hydrogen-bond acceptors (Lipinski definition) is 3. The van der Waals surface area contributed by atoms with Crippen LogP contribution in [-0.2, 0) is 4.79 Å². The first-order chi connectivity index (χ1) is 6.85. The SMILES string of the molecule is CN1CCC(C(N)C(C)(C)C(=O)O)CC1. The van der Waals surface area contributed by atoms with Crippen molar-refractivity contribution in [3.05, 3.63) is 0 Å². The molecule has 3 N–H and O–H groups in total. The highest BCUT2D eigenvalue weighted by atomic mass is 16.4. The highest BCUT2D eigenvalue weighted by Gasteiger charge is 2.39. The van der Waals surface area contributed by atoms with Gasteiger partial charge in [-0.2, -0.15) is 0 Å². The average molecular weight is 214 g/mol. The maximum absolute atomic E-state index is 11.1. The first kappa shape index (κ1) is 12.5. The van der Waals surface area contributed by atoms with E-state index in [-0.39, 0.29) is 6.04 Å². The van der Waals surface area contributed by atoms with Crippen LogP contribution in [0.25, 0.3) is 0 Å². The summed E-state index contributed by atoms with van der Waals surface area (Å²) in [5, 5.41) is 9.10. The zero-order chi connectivity index (χ0) is 11.6. The normalized spacial score (nSPS) is 22.7. The van der Waals surface area contributed by atoms with Crippen molar-refractivity contribution in [2.45, 2.75) is 32.7 Å². The van der Waals surface area contributed by atoms with Crippen molar-refractivity contribution in [3.8, 4) is 0 Å². The molecule has 0 aromatic carbocycles. The van der Waals surface area contributed by atoms with Gasteiger partial charge < -0.3 is 15.7 Å². The second-order valence-corrected chi connectivity index (χ2v) is 5.19. The molecule has 0 aliphatic carbocycles. The number of likely N-dealkylation sites (tertiary alicyclic amines) is 1. The molecule has 1 unspecified atom stereocenters. The Morgan fingerprint density at radius 2 is 1.93 bits per heavy atom. The monoisotopic (exact) mass is 214 g/mol. The van der Waals surface area contributed by atoms with E-state index in [1.165, 1.54) is 0 Å². The number of carboxylic acid groups (broad SMARTS) is 1. The third kappa shape index (κ3) is 2.69. The molecule has 0 radical (unpaired) electrons. The lowest BCUT2D eigenvalue weighted by atomic mass is 9.74. The van der Waals surface area contributed by atoms with Crippen LogP contribution in [0, 0.1) is 11.3 Å². The van der Waals surface area contributed by atoms with E-state index in [4.69, 9.17) is 10.8 Å². The molecule has 15 heavy (non-hydrogen) atoms. The molecule has 1 aliphatic heterocycles. The van der Waals surface area contributed by atoms with Gasteiger partial charge >= 0.3 is 5.97 Å². The van der Waals surface area contributed by atoms with E-state index in [1.54, 1.807) is 13.8 Å². The van der Waals surface area contributed by atoms with Crippen LogP contribution in [0.2, 0.25) is 0 Å². The fraction of sp³-hybridized carbons (Fsp3) is 0.909. The van der Waals surface area contributed by atoms with Gasteiger partial charge in [0.25, 0.3) is 0 Å². The highest BCUT2D eigenvalue weighted by molar-refractivity contribution is 5.74. The summed E-state index contributed by atoms with van der Waals surface area (Å²) in [4.78, 5) is 13.3. The molecule has 0 aromatic rings. The Kier molecular flexibility index (Phi) is 3.73. The van der Waals surface area contributed by atoms with Gasteiger partial charge in [0.1, 0.15) is 0 Å². The van der Waals surface area contributed by atoms with Crippen LogP contribution in [0.15, 0.2) is 0 Å². The Balaban J connectivity index is 2.60. The van der Waals surface area contributed by atoms with Crippen molar-refractivity contribution in [3.63, 3.8) is 0 Å². The van der Waals surface area contributed by atoms with Crippen molar-refractivity contribution in [2.24, 2.45) is 17.1 Å². The highest BCUT2D eigenvalue weighted by Crippen LogP contribution is 2.30. The van der Waals surface area contributed by atoms with Gasteiger partial charge in [0.05, 0.1) is 5.41 Å². The van der Waals surface area contributed by atoms with Crippen molar-refractivity contribution in [1.29, 1.82) is 0 Å². The van der Waals surface area contributed by atoms with Gasteiger partial charge in [0.15, 0.2) is 0 Å². The van der Waals surface area contributed by atoms with E-state index in [0.29, 0.717) is 5.92 Å². The summed E-state index contributed by atoms with van der Waals surface area (Å²) in [6, 6.07) is -0.247. The minimum Gasteiger partial charge on any atom is -0.481 e. The van der Waals surface area contributed by atoms with E-state index in [0.717, 1.165) is 25.9 Å². The minimum atomic E-state index is -0.819. The maximum atomic E-state index is 11.1. The second kappa shape index (κ2) is 4.49. The minimum absolute atomic E-state index is 0.247. The van der Waals surface area contributed by atoms with Gasteiger partial charge in [-0.3, -0.25) is 4.79 Å². The zero-order valence-corrected chi connectivity index (χ0v) is 9.86. The first-order valence-electron chi connectivity index (χ1n) is 5.53. The molecule has 0 saturated carbocycles. The molecule has 1 fully saturated rings. The largest absolute Gasteiger partial charge is 0.481 e. The fourth-order valence-corrected chi connectivity index (χ4v) is 2.12. The topological polar surface area (TPSA) is 66.6 Å². The van der Waals surface area contributed by atoms with Crippen LogP contribution in [0.4, 0.5) is 0 Å². The summed E-state index contributed by atoms with van der Waals surface area (Å²) in [7, 11) is 2.09. The van der Waals surface area contributed by atoms with E-state index in [2.05, 4.69) is 11.9 Å². The maximum Gasteiger partial charge on any atom is 0.310 e. The number of nitrogens with two attached hydrogens (primary N) is 1. The number of hydrogen-bond donors (Lipinski definition) is 2. The van der Waals surface area contributed by atoms with Crippen LogP contribution >= 0.6 is 0 Å². The molecular formula is C11H22N2O2. The molecule has 1 atom stereocenters. The summed E-state index contributed by atoms with van der Waals surface area (Å²) in [5.74, 6) is -0.457. The lowest BCUT2D eigenvalue weighted by Crippen LogP contribution is -2.50. The first-order valence-corrected chi connectivity index (χ1v) is 5.53. The van der Waals surface area contributed by atoms with Gasteiger partial charge in [0, 0.05) is 6.04 Å². The molecule has 0 amide bonds. The molecule has 1 rings (SSSR count). The Labute approximate surface area is 91.4 Å². The number of carbonyl (C=O) groups is 1. The predicted octanol–water partition coefficient (Wildman–Crippen LogP) is 0.766. The van der Waals surface area contributed by atoms with Gasteiger partial charge in [-0.25, -0.2) is 0 Å². The second-order valence-electron chi connectivity index (χ2n) is 5.19. The number of rotatable bonds is 3. The summed E-state index contributed by atoms with van der Waals surface area (Å²) >= 11 is 0. The van der Waals surface area contributed by atoms with Crippen molar-refractivity contribution < 1.29 is 9.90 Å². The van der Waals surface area contributed by atoms with Gasteiger partial charge in [-0.15, -0.1) is 0 Å². The smallest absolute Gasteiger partial charge is 0.310 e. The van der Waals surface area contributed by atoms with Crippen LogP contribution in [0.3, 0.4) is 0 Å². The van der Waals surface area contributed by atoms with E-state index in [1.807, 2.05) is 0 Å². The summed E-state index contributed by atoms with van der Waals surface area (Å²) in [5.41, 5.74) is 5.25. The third-order valence-corrected chi connectivity index (χ3v) is 3.66. The quantitative estimate of drug-likeness (QED) is 0.728. The molecule has 4 heteroatoms. The van der Waals surface area contributed by atoms with Crippen LogP contribution in [0.5, 0.6) is 0 Å². The summed E-state index contributed by atoms with van der Waals surface area (Å²) < 4.78 is 0. The molecule has 0 aromatic heterocycles. The lowest BCUT2D eigenvalue weighted by molar-refractivity contribution is -0.149. The Hall–Kier alpha value is -0.610. The molecule has 1 aliphatic rings.